The summed E-state index contributed by atoms with van der Waals surface area (Å²) in [4.78, 5) is 34.3. The van der Waals surface area contributed by atoms with E-state index in [1.807, 2.05) is 52.7 Å². The van der Waals surface area contributed by atoms with Gasteiger partial charge >= 0.3 is 0 Å². The molecule has 2 aromatic carbocycles. The van der Waals surface area contributed by atoms with Gasteiger partial charge in [0.05, 0.1) is 42.4 Å². The Labute approximate surface area is 299 Å². The Balaban J connectivity index is 1.19. The van der Waals surface area contributed by atoms with Gasteiger partial charge in [0, 0.05) is 70.1 Å². The minimum atomic E-state index is -1.000. The fourth-order valence-corrected chi connectivity index (χ4v) is 7.85. The lowest BCUT2D eigenvalue weighted by Crippen LogP contribution is -2.58. The van der Waals surface area contributed by atoms with E-state index < -0.39 is 23.4 Å². The van der Waals surface area contributed by atoms with Gasteiger partial charge in [0.2, 0.25) is 5.91 Å². The Morgan fingerprint density at radius 2 is 1.78 bits per heavy atom. The predicted octanol–water partition coefficient (Wildman–Crippen LogP) is 5.34. The van der Waals surface area contributed by atoms with Crippen LogP contribution in [0.3, 0.4) is 0 Å². The number of benzene rings is 2. The van der Waals surface area contributed by atoms with Crippen molar-refractivity contribution in [1.29, 1.82) is 0 Å². The van der Waals surface area contributed by atoms with Crippen molar-refractivity contribution in [1.82, 2.24) is 14.8 Å². The quantitative estimate of drug-likeness (QED) is 0.198. The Bertz CT molecular complexity index is 1560. The van der Waals surface area contributed by atoms with Crippen molar-refractivity contribution in [3.63, 3.8) is 0 Å². The number of amides is 2. The molecular weight excluding hydrogens is 660 g/mol. The van der Waals surface area contributed by atoms with Gasteiger partial charge in [-0.05, 0) is 30.4 Å². The predicted molar refractivity (Wildman–Crippen MR) is 190 cm³/mol. The third kappa shape index (κ3) is 9.74. The molecule has 2 N–H and O–H groups in total. The highest BCUT2D eigenvalue weighted by atomic mass is 32.1. The third-order valence-electron chi connectivity index (χ3n) is 9.80. The number of likely N-dealkylation sites (tertiary alicyclic amines) is 1. The molecule has 2 aliphatic heterocycles. The Morgan fingerprint density at radius 3 is 2.44 bits per heavy atom. The highest BCUT2D eigenvalue weighted by Gasteiger charge is 2.42. The van der Waals surface area contributed by atoms with Crippen molar-refractivity contribution >= 4 is 23.2 Å². The Hall–Kier alpha value is -3.26. The highest BCUT2D eigenvalue weighted by Crippen LogP contribution is 2.33. The largest absolute Gasteiger partial charge is 0.374 e. The number of methoxy groups -OCH3 is 2. The second-order valence-electron chi connectivity index (χ2n) is 13.8. The molecular formula is C38H51FN4O6S. The molecule has 3 aromatic rings. The molecule has 1 atom stereocenters. The van der Waals surface area contributed by atoms with Gasteiger partial charge in [-0.2, -0.15) is 0 Å². The average Bonchev–Trinajstić information content (AvgIpc) is 3.61. The zero-order valence-electron chi connectivity index (χ0n) is 29.7. The topological polar surface area (TPSA) is 116 Å². The number of nitrogens with two attached hydrogens (primary N) is 1. The standard InChI is InChI=1S/C38H51FN4O6S/c1-27(2)35-41-31(25-50-35)36(45)43-18-20-49-37(26-43)14-16-42(17-15-37)24-30-12-8-11-29(34(30)39)13-19-48-38(22-32(40)44,23-33(46-3)47-4)21-28-9-6-5-7-10-28/h5-12,25,27,33H,13-24,26H2,1-4H3,(H2,40,44). The normalized spacial score (nSPS) is 17.8. The second-order valence-corrected chi connectivity index (χ2v) is 14.7. The van der Waals surface area contributed by atoms with Crippen LogP contribution in [-0.4, -0.2) is 97.7 Å². The van der Waals surface area contributed by atoms with E-state index in [1.54, 1.807) is 20.3 Å². The van der Waals surface area contributed by atoms with E-state index in [-0.39, 0.29) is 37.1 Å². The number of hydrogen-bond acceptors (Lipinski definition) is 9. The summed E-state index contributed by atoms with van der Waals surface area (Å²) >= 11 is 1.53. The van der Waals surface area contributed by atoms with Crippen LogP contribution in [0.5, 0.6) is 0 Å². The van der Waals surface area contributed by atoms with Gasteiger partial charge in [-0.1, -0.05) is 62.4 Å². The third-order valence-corrected chi connectivity index (χ3v) is 10.9. The number of rotatable bonds is 16. The van der Waals surface area contributed by atoms with Crippen LogP contribution in [0.1, 0.15) is 77.6 Å². The van der Waals surface area contributed by atoms with Crippen LogP contribution in [0.25, 0.3) is 0 Å². The molecule has 1 aromatic heterocycles. The summed E-state index contributed by atoms with van der Waals surface area (Å²) in [5.74, 6) is -0.499. The van der Waals surface area contributed by atoms with Crippen LogP contribution in [-0.2, 0) is 43.1 Å². The molecule has 1 unspecified atom stereocenters. The molecule has 2 fully saturated rings. The fourth-order valence-electron chi connectivity index (χ4n) is 7.04. The Morgan fingerprint density at radius 1 is 1.06 bits per heavy atom. The number of piperidine rings is 1. The molecule has 0 radical (unpaired) electrons. The summed E-state index contributed by atoms with van der Waals surface area (Å²) in [7, 11) is 3.08. The first-order chi connectivity index (χ1) is 24.0. The van der Waals surface area contributed by atoms with E-state index in [2.05, 4.69) is 23.7 Å². The summed E-state index contributed by atoms with van der Waals surface area (Å²) in [6.45, 7) is 7.86. The molecule has 3 heterocycles. The monoisotopic (exact) mass is 710 g/mol. The maximum Gasteiger partial charge on any atom is 0.273 e. The molecule has 2 aliphatic rings. The molecule has 50 heavy (non-hydrogen) atoms. The molecule has 2 saturated heterocycles. The Kier molecular flexibility index (Phi) is 13.1. The van der Waals surface area contributed by atoms with Crippen LogP contribution in [0.4, 0.5) is 4.39 Å². The number of halogens is 1. The number of carbonyl (C=O) groups excluding carboxylic acids is 2. The summed E-state index contributed by atoms with van der Waals surface area (Å²) in [6.07, 6.45) is 1.87. The van der Waals surface area contributed by atoms with Gasteiger partial charge in [0.1, 0.15) is 11.5 Å². The van der Waals surface area contributed by atoms with E-state index in [0.29, 0.717) is 55.9 Å². The number of ether oxygens (including phenoxy) is 4. The van der Waals surface area contributed by atoms with Crippen LogP contribution in [0.15, 0.2) is 53.9 Å². The van der Waals surface area contributed by atoms with E-state index in [1.165, 1.54) is 11.3 Å². The molecule has 0 aliphatic carbocycles. The molecule has 10 nitrogen and oxygen atoms in total. The number of thiazole rings is 1. The lowest BCUT2D eigenvalue weighted by molar-refractivity contribution is -0.164. The van der Waals surface area contributed by atoms with Crippen molar-refractivity contribution in [3.8, 4) is 0 Å². The fraction of sp³-hybridized carbons (Fsp3) is 0.553. The van der Waals surface area contributed by atoms with Gasteiger partial charge in [-0.3, -0.25) is 14.5 Å². The van der Waals surface area contributed by atoms with Crippen LogP contribution < -0.4 is 5.73 Å². The first-order valence-electron chi connectivity index (χ1n) is 17.4. The van der Waals surface area contributed by atoms with Crippen molar-refractivity contribution in [2.75, 3.05) is 53.6 Å². The zero-order chi connectivity index (χ0) is 35.7. The maximum atomic E-state index is 16.0. The van der Waals surface area contributed by atoms with E-state index in [9.17, 15) is 9.59 Å². The summed E-state index contributed by atoms with van der Waals surface area (Å²) in [5, 5.41) is 2.83. The summed E-state index contributed by atoms with van der Waals surface area (Å²) in [5.41, 5.74) is 6.97. The van der Waals surface area contributed by atoms with Crippen LogP contribution in [0.2, 0.25) is 0 Å². The molecule has 1 spiro atoms. The van der Waals surface area contributed by atoms with Gasteiger partial charge in [-0.25, -0.2) is 9.37 Å². The van der Waals surface area contributed by atoms with E-state index in [4.69, 9.17) is 24.7 Å². The molecule has 0 bridgehead atoms. The number of hydrogen-bond donors (Lipinski definition) is 1. The van der Waals surface area contributed by atoms with Crippen molar-refractivity contribution in [3.05, 3.63) is 87.1 Å². The first-order valence-corrected chi connectivity index (χ1v) is 18.3. The summed E-state index contributed by atoms with van der Waals surface area (Å²) < 4.78 is 39.7. The minimum Gasteiger partial charge on any atom is -0.374 e. The smallest absolute Gasteiger partial charge is 0.273 e. The average molecular weight is 711 g/mol. The van der Waals surface area contributed by atoms with Gasteiger partial charge in [0.25, 0.3) is 5.91 Å². The highest BCUT2D eigenvalue weighted by molar-refractivity contribution is 7.09. The van der Waals surface area contributed by atoms with Crippen molar-refractivity contribution in [2.24, 2.45) is 5.73 Å². The summed E-state index contributed by atoms with van der Waals surface area (Å²) in [6, 6.07) is 15.2. The van der Waals surface area contributed by atoms with Crippen molar-refractivity contribution < 1.29 is 32.9 Å². The number of nitrogens with zero attached hydrogens (tertiary/aromatic N) is 3. The number of aromatic nitrogens is 1. The van der Waals surface area contributed by atoms with Gasteiger partial charge in [-0.15, -0.1) is 11.3 Å². The molecule has 12 heteroatoms. The van der Waals surface area contributed by atoms with E-state index in [0.717, 1.165) is 36.5 Å². The van der Waals surface area contributed by atoms with Crippen molar-refractivity contribution in [2.45, 2.75) is 82.3 Å². The lowest BCUT2D eigenvalue weighted by Gasteiger charge is -2.47. The molecule has 5 rings (SSSR count). The maximum absolute atomic E-state index is 16.0. The second kappa shape index (κ2) is 17.3. The van der Waals surface area contributed by atoms with Crippen LogP contribution in [0, 0.1) is 5.82 Å². The molecule has 272 valence electrons. The number of primary amides is 1. The van der Waals surface area contributed by atoms with Gasteiger partial charge < -0.3 is 29.6 Å². The SMILES string of the molecule is COC(CC(CC(N)=O)(Cc1ccccc1)OCCc1cccc(CN2CCC3(CC2)CN(C(=O)c2csc(C(C)C)n2)CCO3)c1F)OC. The first kappa shape index (κ1) is 38.0. The molecule has 0 saturated carbocycles. The lowest BCUT2D eigenvalue weighted by atomic mass is 9.87. The number of carbonyl (C=O) groups is 2. The minimum absolute atomic E-state index is 0.0368. The number of morpholine rings is 1. The van der Waals surface area contributed by atoms with Crippen LogP contribution >= 0.6 is 11.3 Å². The molecule has 2 amide bonds. The van der Waals surface area contributed by atoms with Gasteiger partial charge in [0.15, 0.2) is 6.29 Å². The van der Waals surface area contributed by atoms with E-state index >= 15 is 4.39 Å². The zero-order valence-corrected chi connectivity index (χ0v) is 30.5.